The molecular formula is C20H23F3O6S. The lowest BCUT2D eigenvalue weighted by atomic mass is 9.96. The molecule has 0 aliphatic carbocycles. The first-order valence-electron chi connectivity index (χ1n) is 9.05. The average Bonchev–Trinajstić information content (AvgIpc) is 2.58. The average molecular weight is 448 g/mol. The lowest BCUT2D eigenvalue weighted by molar-refractivity contribution is -0.167. The van der Waals surface area contributed by atoms with Crippen molar-refractivity contribution in [3.05, 3.63) is 41.5 Å². The molecule has 0 saturated heterocycles. The fourth-order valence-electron chi connectivity index (χ4n) is 2.83. The van der Waals surface area contributed by atoms with Crippen molar-refractivity contribution in [1.82, 2.24) is 0 Å². The van der Waals surface area contributed by atoms with E-state index in [9.17, 15) is 26.4 Å². The maximum absolute atomic E-state index is 13.1. The Bertz CT molecular complexity index is 1040. The summed E-state index contributed by atoms with van der Waals surface area (Å²) < 4.78 is 78.2. The van der Waals surface area contributed by atoms with Crippen LogP contribution in [-0.2, 0) is 24.4 Å². The molecule has 1 atom stereocenters. The molecule has 0 aromatic heterocycles. The lowest BCUT2D eigenvalue weighted by Crippen LogP contribution is -2.31. The van der Waals surface area contributed by atoms with Gasteiger partial charge in [-0.3, -0.25) is 0 Å². The Hall–Kier alpha value is -2.33. The van der Waals surface area contributed by atoms with E-state index in [0.29, 0.717) is 10.9 Å². The SMILES string of the molecule is CCOC(=O)[C@@H](OC(C)(C)C)c1c(C)cc2ccccc2c1OS(=O)(=O)C(F)(F)F. The Morgan fingerprint density at radius 1 is 1.13 bits per heavy atom. The van der Waals surface area contributed by atoms with Crippen molar-refractivity contribution in [2.75, 3.05) is 6.61 Å². The first-order valence-corrected chi connectivity index (χ1v) is 10.5. The zero-order valence-electron chi connectivity index (χ0n) is 17.2. The van der Waals surface area contributed by atoms with Gasteiger partial charge in [0.2, 0.25) is 0 Å². The summed E-state index contributed by atoms with van der Waals surface area (Å²) in [6.07, 6.45) is -1.51. The van der Waals surface area contributed by atoms with Gasteiger partial charge in [-0.2, -0.15) is 21.6 Å². The van der Waals surface area contributed by atoms with Crippen molar-refractivity contribution >= 4 is 26.9 Å². The number of esters is 1. The number of benzene rings is 2. The Labute approximate surface area is 173 Å². The number of carbonyl (C=O) groups excluding carboxylic acids is 1. The fourth-order valence-corrected chi connectivity index (χ4v) is 3.33. The molecule has 0 aliphatic rings. The third kappa shape index (κ3) is 5.23. The van der Waals surface area contributed by atoms with E-state index >= 15 is 0 Å². The summed E-state index contributed by atoms with van der Waals surface area (Å²) in [4.78, 5) is 12.6. The van der Waals surface area contributed by atoms with Crippen LogP contribution in [-0.4, -0.2) is 32.1 Å². The number of hydrogen-bond acceptors (Lipinski definition) is 6. The van der Waals surface area contributed by atoms with Gasteiger partial charge < -0.3 is 13.7 Å². The standard InChI is InChI=1S/C20H23F3O6S/c1-6-27-18(24)17(28-19(3,4)5)15-12(2)11-13-9-7-8-10-14(13)16(15)29-30(25,26)20(21,22)23/h7-11,17H,6H2,1-5H3/t17-/m0/s1. The second kappa shape index (κ2) is 8.43. The monoisotopic (exact) mass is 448 g/mol. The molecule has 0 aliphatic heterocycles. The fraction of sp³-hybridized carbons (Fsp3) is 0.450. The molecule has 2 rings (SSSR count). The number of alkyl halides is 3. The molecule has 2 aromatic carbocycles. The molecule has 2 aromatic rings. The number of rotatable bonds is 6. The molecule has 0 saturated carbocycles. The van der Waals surface area contributed by atoms with Gasteiger partial charge in [0.15, 0.2) is 11.9 Å². The van der Waals surface area contributed by atoms with Crippen molar-refractivity contribution in [1.29, 1.82) is 0 Å². The van der Waals surface area contributed by atoms with Crippen LogP contribution in [0, 0.1) is 6.92 Å². The summed E-state index contributed by atoms with van der Waals surface area (Å²) in [6, 6.07) is 7.74. The van der Waals surface area contributed by atoms with Crippen LogP contribution in [0.1, 0.15) is 44.9 Å². The van der Waals surface area contributed by atoms with E-state index in [1.165, 1.54) is 19.1 Å². The van der Waals surface area contributed by atoms with Gasteiger partial charge in [-0.05, 0) is 45.6 Å². The van der Waals surface area contributed by atoms with Gasteiger partial charge in [0.05, 0.1) is 12.2 Å². The van der Waals surface area contributed by atoms with Crippen LogP contribution < -0.4 is 4.18 Å². The van der Waals surface area contributed by atoms with E-state index in [1.54, 1.807) is 45.9 Å². The molecule has 0 fully saturated rings. The molecule has 6 nitrogen and oxygen atoms in total. The van der Waals surface area contributed by atoms with Gasteiger partial charge in [0, 0.05) is 10.9 Å². The number of carbonyl (C=O) groups is 1. The van der Waals surface area contributed by atoms with Crippen LogP contribution in [0.3, 0.4) is 0 Å². The summed E-state index contributed by atoms with van der Waals surface area (Å²) in [5.41, 5.74) is -6.40. The van der Waals surface area contributed by atoms with E-state index in [-0.39, 0.29) is 17.6 Å². The highest BCUT2D eigenvalue weighted by molar-refractivity contribution is 7.88. The smallest absolute Gasteiger partial charge is 0.464 e. The molecular weight excluding hydrogens is 425 g/mol. The maximum Gasteiger partial charge on any atom is 0.534 e. The quantitative estimate of drug-likeness (QED) is 0.359. The van der Waals surface area contributed by atoms with Crippen molar-refractivity contribution in [3.63, 3.8) is 0 Å². The van der Waals surface area contributed by atoms with Crippen molar-refractivity contribution in [3.8, 4) is 5.75 Å². The van der Waals surface area contributed by atoms with E-state index < -0.39 is 39.1 Å². The van der Waals surface area contributed by atoms with Crippen LogP contribution in [0.25, 0.3) is 10.8 Å². The molecule has 0 amide bonds. The summed E-state index contributed by atoms with van der Waals surface area (Å²) in [5, 5.41) is 0.516. The topological polar surface area (TPSA) is 78.9 Å². The van der Waals surface area contributed by atoms with Gasteiger partial charge in [-0.25, -0.2) is 4.79 Å². The molecule has 10 heteroatoms. The summed E-state index contributed by atoms with van der Waals surface area (Å²) in [5.74, 6) is -1.50. The van der Waals surface area contributed by atoms with Gasteiger partial charge in [0.1, 0.15) is 0 Å². The predicted octanol–water partition coefficient (Wildman–Crippen LogP) is 4.80. The molecule has 0 heterocycles. The van der Waals surface area contributed by atoms with Crippen LogP contribution in [0.15, 0.2) is 30.3 Å². The van der Waals surface area contributed by atoms with Crippen molar-refractivity contribution in [2.24, 2.45) is 0 Å². The Morgan fingerprint density at radius 2 is 1.73 bits per heavy atom. The highest BCUT2D eigenvalue weighted by Gasteiger charge is 2.49. The molecule has 166 valence electrons. The third-order valence-corrected chi connectivity index (χ3v) is 4.91. The minimum Gasteiger partial charge on any atom is -0.464 e. The van der Waals surface area contributed by atoms with Crippen LogP contribution in [0.2, 0.25) is 0 Å². The van der Waals surface area contributed by atoms with Gasteiger partial charge in [0.25, 0.3) is 0 Å². The third-order valence-electron chi connectivity index (χ3n) is 3.96. The second-order valence-corrected chi connectivity index (χ2v) is 9.04. The predicted molar refractivity (Wildman–Crippen MR) is 104 cm³/mol. The largest absolute Gasteiger partial charge is 0.534 e. The lowest BCUT2D eigenvalue weighted by Gasteiger charge is -2.29. The van der Waals surface area contributed by atoms with Gasteiger partial charge >= 0.3 is 21.6 Å². The Kier molecular flexibility index (Phi) is 6.72. The molecule has 30 heavy (non-hydrogen) atoms. The summed E-state index contributed by atoms with van der Waals surface area (Å²) >= 11 is 0. The summed E-state index contributed by atoms with van der Waals surface area (Å²) in [6.45, 7) is 8.00. The van der Waals surface area contributed by atoms with Crippen LogP contribution in [0.4, 0.5) is 13.2 Å². The van der Waals surface area contributed by atoms with E-state index in [1.807, 2.05) is 0 Å². The Morgan fingerprint density at radius 3 is 2.27 bits per heavy atom. The number of ether oxygens (including phenoxy) is 2. The number of aryl methyl sites for hydroxylation is 1. The highest BCUT2D eigenvalue weighted by atomic mass is 32.2. The molecule has 0 spiro atoms. The normalized spacial score (nSPS) is 13.9. The van der Waals surface area contributed by atoms with E-state index in [4.69, 9.17) is 9.47 Å². The minimum absolute atomic E-state index is 0.00744. The van der Waals surface area contributed by atoms with Gasteiger partial charge in [-0.1, -0.05) is 30.3 Å². The zero-order valence-corrected chi connectivity index (χ0v) is 18.0. The van der Waals surface area contributed by atoms with Crippen LogP contribution in [0.5, 0.6) is 5.75 Å². The maximum atomic E-state index is 13.1. The first kappa shape index (κ1) is 23.9. The first-order chi connectivity index (χ1) is 13.7. The Balaban J connectivity index is 2.85. The number of halogens is 3. The van der Waals surface area contributed by atoms with E-state index in [2.05, 4.69) is 4.18 Å². The van der Waals surface area contributed by atoms with E-state index in [0.717, 1.165) is 0 Å². The molecule has 0 bridgehead atoms. The number of fused-ring (bicyclic) bond motifs is 1. The van der Waals surface area contributed by atoms with Crippen molar-refractivity contribution in [2.45, 2.75) is 51.8 Å². The summed E-state index contributed by atoms with van der Waals surface area (Å²) in [7, 11) is -6.00. The molecule has 0 N–H and O–H groups in total. The number of hydrogen-bond donors (Lipinski definition) is 0. The zero-order chi connectivity index (χ0) is 22.9. The van der Waals surface area contributed by atoms with Crippen molar-refractivity contribution < 1.29 is 40.0 Å². The second-order valence-electron chi connectivity index (χ2n) is 7.50. The molecule has 0 unspecified atom stereocenters. The van der Waals surface area contributed by atoms with Gasteiger partial charge in [-0.15, -0.1) is 0 Å². The van der Waals surface area contributed by atoms with Crippen LogP contribution >= 0.6 is 0 Å². The highest BCUT2D eigenvalue weighted by Crippen LogP contribution is 2.42. The molecule has 0 radical (unpaired) electrons. The minimum atomic E-state index is -6.00.